The SMILES string of the molecule is COc1ccc(CCC(=O)NC(CCSC)C(=O)NCc2cscn2)cc1. The lowest BCUT2D eigenvalue weighted by Gasteiger charge is -2.18. The maximum Gasteiger partial charge on any atom is 0.242 e. The Hall–Kier alpha value is -2.06. The predicted octanol–water partition coefficient (Wildman–Crippen LogP) is 2.64. The standard InChI is InChI=1S/C19H25N3O3S2/c1-25-16-6-3-14(4-7-16)5-8-18(23)22-17(9-10-26-2)19(24)20-11-15-12-27-13-21-15/h3-4,6-7,12-13,17H,5,8-11H2,1-2H3,(H,20,24)(H,22,23). The second-order valence-corrected chi connectivity index (χ2v) is 7.65. The number of aromatic nitrogens is 1. The molecule has 0 bridgehead atoms. The third-order valence-electron chi connectivity index (χ3n) is 3.99. The molecule has 6 nitrogen and oxygen atoms in total. The molecule has 0 radical (unpaired) electrons. The van der Waals surface area contributed by atoms with Gasteiger partial charge in [0.2, 0.25) is 11.8 Å². The van der Waals surface area contributed by atoms with Crippen LogP contribution in [0.25, 0.3) is 0 Å². The van der Waals surface area contributed by atoms with Gasteiger partial charge in [0.25, 0.3) is 0 Å². The molecule has 27 heavy (non-hydrogen) atoms. The van der Waals surface area contributed by atoms with Crippen LogP contribution >= 0.6 is 23.1 Å². The Morgan fingerprint density at radius 1 is 1.30 bits per heavy atom. The van der Waals surface area contributed by atoms with Gasteiger partial charge in [-0.25, -0.2) is 4.98 Å². The van der Waals surface area contributed by atoms with Crippen LogP contribution in [-0.4, -0.2) is 42.0 Å². The average Bonchev–Trinajstić information content (AvgIpc) is 3.21. The predicted molar refractivity (Wildman–Crippen MR) is 110 cm³/mol. The van der Waals surface area contributed by atoms with Gasteiger partial charge in [-0.05, 0) is 42.5 Å². The maximum absolute atomic E-state index is 12.5. The monoisotopic (exact) mass is 407 g/mol. The van der Waals surface area contributed by atoms with Crippen molar-refractivity contribution in [3.63, 3.8) is 0 Å². The summed E-state index contributed by atoms with van der Waals surface area (Å²) in [6, 6.07) is 7.11. The number of ether oxygens (including phenoxy) is 1. The molecular weight excluding hydrogens is 382 g/mol. The van der Waals surface area contributed by atoms with Crippen molar-refractivity contribution in [2.75, 3.05) is 19.1 Å². The van der Waals surface area contributed by atoms with Crippen molar-refractivity contribution in [2.45, 2.75) is 31.8 Å². The van der Waals surface area contributed by atoms with E-state index in [0.29, 0.717) is 25.8 Å². The Morgan fingerprint density at radius 2 is 2.07 bits per heavy atom. The van der Waals surface area contributed by atoms with Gasteiger partial charge in [0, 0.05) is 11.8 Å². The van der Waals surface area contributed by atoms with Crippen LogP contribution in [0.2, 0.25) is 0 Å². The van der Waals surface area contributed by atoms with Gasteiger partial charge < -0.3 is 15.4 Å². The van der Waals surface area contributed by atoms with E-state index in [9.17, 15) is 9.59 Å². The van der Waals surface area contributed by atoms with E-state index in [4.69, 9.17) is 4.74 Å². The van der Waals surface area contributed by atoms with E-state index >= 15 is 0 Å². The first kappa shape index (κ1) is 21.2. The van der Waals surface area contributed by atoms with E-state index in [1.165, 1.54) is 11.3 Å². The molecule has 0 spiro atoms. The van der Waals surface area contributed by atoms with Crippen LogP contribution in [-0.2, 0) is 22.6 Å². The number of thioether (sulfide) groups is 1. The lowest BCUT2D eigenvalue weighted by atomic mass is 10.1. The molecule has 1 atom stereocenters. The van der Waals surface area contributed by atoms with E-state index in [-0.39, 0.29) is 11.8 Å². The van der Waals surface area contributed by atoms with Crippen LogP contribution < -0.4 is 15.4 Å². The first-order valence-electron chi connectivity index (χ1n) is 8.68. The minimum atomic E-state index is -0.528. The number of nitrogens with zero attached hydrogens (tertiary/aromatic N) is 1. The number of carbonyl (C=O) groups is 2. The summed E-state index contributed by atoms with van der Waals surface area (Å²) in [7, 11) is 1.62. The Kier molecular flexibility index (Phi) is 9.13. The molecule has 0 fully saturated rings. The summed E-state index contributed by atoms with van der Waals surface area (Å²) in [4.78, 5) is 28.9. The molecule has 0 saturated carbocycles. The van der Waals surface area contributed by atoms with Crippen LogP contribution in [0, 0.1) is 0 Å². The number of nitrogens with one attached hydrogen (secondary N) is 2. The Morgan fingerprint density at radius 3 is 2.70 bits per heavy atom. The number of thiazole rings is 1. The minimum absolute atomic E-state index is 0.124. The van der Waals surface area contributed by atoms with Gasteiger partial charge in [0.15, 0.2) is 0 Å². The fourth-order valence-electron chi connectivity index (χ4n) is 2.45. The Labute approximate surface area is 168 Å². The van der Waals surface area contributed by atoms with E-state index < -0.39 is 6.04 Å². The molecule has 8 heteroatoms. The molecule has 146 valence electrons. The molecule has 0 aliphatic heterocycles. The summed E-state index contributed by atoms with van der Waals surface area (Å²) in [5.74, 6) is 1.29. The first-order valence-corrected chi connectivity index (χ1v) is 11.0. The summed E-state index contributed by atoms with van der Waals surface area (Å²) in [6.45, 7) is 0.375. The number of rotatable bonds is 11. The molecule has 1 unspecified atom stereocenters. The molecule has 0 saturated heterocycles. The highest BCUT2D eigenvalue weighted by molar-refractivity contribution is 7.98. The van der Waals surface area contributed by atoms with Gasteiger partial charge in [0.1, 0.15) is 11.8 Å². The molecule has 1 heterocycles. The second-order valence-electron chi connectivity index (χ2n) is 5.95. The second kappa shape index (κ2) is 11.6. The lowest BCUT2D eigenvalue weighted by molar-refractivity contribution is -0.129. The van der Waals surface area contributed by atoms with Crippen LogP contribution in [0.5, 0.6) is 5.75 Å². The van der Waals surface area contributed by atoms with E-state index in [1.54, 1.807) is 24.4 Å². The molecular formula is C19H25N3O3S2. The van der Waals surface area contributed by atoms with Crippen molar-refractivity contribution >= 4 is 34.9 Å². The zero-order valence-corrected chi connectivity index (χ0v) is 17.2. The molecule has 1 aromatic heterocycles. The van der Waals surface area contributed by atoms with E-state index in [1.807, 2.05) is 35.9 Å². The van der Waals surface area contributed by atoms with Gasteiger partial charge in [-0.15, -0.1) is 11.3 Å². The highest BCUT2D eigenvalue weighted by Crippen LogP contribution is 2.12. The summed E-state index contributed by atoms with van der Waals surface area (Å²) in [6.07, 6.45) is 3.53. The lowest BCUT2D eigenvalue weighted by Crippen LogP contribution is -2.47. The van der Waals surface area contributed by atoms with Crippen LogP contribution in [0.4, 0.5) is 0 Å². The van der Waals surface area contributed by atoms with Crippen LogP contribution in [0.15, 0.2) is 35.2 Å². The van der Waals surface area contributed by atoms with Crippen LogP contribution in [0.3, 0.4) is 0 Å². The normalized spacial score (nSPS) is 11.6. The third-order valence-corrected chi connectivity index (χ3v) is 5.27. The quantitative estimate of drug-likeness (QED) is 0.599. The van der Waals surface area contributed by atoms with Gasteiger partial charge >= 0.3 is 0 Å². The number of amides is 2. The Balaban J connectivity index is 1.83. The fourth-order valence-corrected chi connectivity index (χ4v) is 3.48. The third kappa shape index (κ3) is 7.60. The number of methoxy groups -OCH3 is 1. The molecule has 2 amide bonds. The number of benzene rings is 1. The molecule has 2 aromatic rings. The molecule has 2 rings (SSSR count). The van der Waals surface area contributed by atoms with Gasteiger partial charge in [-0.2, -0.15) is 11.8 Å². The summed E-state index contributed by atoms with van der Waals surface area (Å²) in [5.41, 5.74) is 3.61. The zero-order valence-electron chi connectivity index (χ0n) is 15.6. The number of aryl methyl sites for hydroxylation is 1. The van der Waals surface area contributed by atoms with Crippen molar-refractivity contribution in [3.05, 3.63) is 46.4 Å². The van der Waals surface area contributed by atoms with Gasteiger partial charge in [0.05, 0.1) is 24.9 Å². The number of hydrogen-bond donors (Lipinski definition) is 2. The fraction of sp³-hybridized carbons (Fsp3) is 0.421. The smallest absolute Gasteiger partial charge is 0.242 e. The molecule has 2 N–H and O–H groups in total. The first-order chi connectivity index (χ1) is 13.1. The van der Waals surface area contributed by atoms with Crippen molar-refractivity contribution in [3.8, 4) is 5.75 Å². The molecule has 0 aliphatic rings. The van der Waals surface area contributed by atoms with E-state index in [0.717, 1.165) is 22.8 Å². The summed E-state index contributed by atoms with van der Waals surface area (Å²) < 4.78 is 5.13. The average molecular weight is 408 g/mol. The zero-order chi connectivity index (χ0) is 19.5. The van der Waals surface area contributed by atoms with Crippen LogP contribution in [0.1, 0.15) is 24.1 Å². The largest absolute Gasteiger partial charge is 0.497 e. The van der Waals surface area contributed by atoms with Crippen molar-refractivity contribution < 1.29 is 14.3 Å². The minimum Gasteiger partial charge on any atom is -0.497 e. The summed E-state index contributed by atoms with van der Waals surface area (Å²) in [5, 5.41) is 7.61. The topological polar surface area (TPSA) is 80.3 Å². The highest BCUT2D eigenvalue weighted by Gasteiger charge is 2.20. The Bertz CT molecular complexity index is 705. The number of carbonyl (C=O) groups excluding carboxylic acids is 2. The maximum atomic E-state index is 12.5. The van der Waals surface area contributed by atoms with Crippen molar-refractivity contribution in [2.24, 2.45) is 0 Å². The summed E-state index contributed by atoms with van der Waals surface area (Å²) >= 11 is 3.14. The van der Waals surface area contributed by atoms with E-state index in [2.05, 4.69) is 15.6 Å². The van der Waals surface area contributed by atoms with Gasteiger partial charge in [-0.1, -0.05) is 12.1 Å². The van der Waals surface area contributed by atoms with Gasteiger partial charge in [-0.3, -0.25) is 9.59 Å². The van der Waals surface area contributed by atoms with Crippen molar-refractivity contribution in [1.29, 1.82) is 0 Å². The van der Waals surface area contributed by atoms with Crippen molar-refractivity contribution in [1.82, 2.24) is 15.6 Å². The molecule has 0 aliphatic carbocycles. The molecule has 1 aromatic carbocycles. The highest BCUT2D eigenvalue weighted by atomic mass is 32.2. The number of hydrogen-bond acceptors (Lipinski definition) is 6.